The number of hydrogen-bond donors (Lipinski definition) is 0. The topological polar surface area (TPSA) is 49.2 Å². The second-order valence-electron chi connectivity index (χ2n) is 4.43. The highest BCUT2D eigenvalue weighted by Gasteiger charge is 2.12. The summed E-state index contributed by atoms with van der Waals surface area (Å²) in [7, 11) is 1.60. The summed E-state index contributed by atoms with van der Waals surface area (Å²) >= 11 is 5.94. The minimum absolute atomic E-state index is 0.205. The lowest BCUT2D eigenvalue weighted by molar-refractivity contribution is 0.0729. The summed E-state index contributed by atoms with van der Waals surface area (Å²) in [5.74, 6) is 1.71. The van der Waals surface area contributed by atoms with Gasteiger partial charge in [-0.15, -0.1) is 11.6 Å². The summed E-state index contributed by atoms with van der Waals surface area (Å²) in [5, 5.41) is 0. The SMILES string of the molecule is COc1ccc2nc(CCl)n(CCOC(C)C)c2n1. The molecule has 0 aliphatic rings. The van der Waals surface area contributed by atoms with Crippen LogP contribution < -0.4 is 4.74 Å². The fourth-order valence-electron chi connectivity index (χ4n) is 1.86. The van der Waals surface area contributed by atoms with E-state index in [2.05, 4.69) is 9.97 Å². The van der Waals surface area contributed by atoms with Crippen molar-refractivity contribution in [2.24, 2.45) is 0 Å². The van der Waals surface area contributed by atoms with Gasteiger partial charge in [0.2, 0.25) is 5.88 Å². The maximum absolute atomic E-state index is 5.94. The monoisotopic (exact) mass is 283 g/mol. The number of nitrogens with zero attached hydrogens (tertiary/aromatic N) is 3. The Kier molecular flexibility index (Phi) is 4.61. The van der Waals surface area contributed by atoms with Crippen LogP contribution >= 0.6 is 11.6 Å². The van der Waals surface area contributed by atoms with Crippen LogP contribution in [0.2, 0.25) is 0 Å². The highest BCUT2D eigenvalue weighted by Crippen LogP contribution is 2.19. The number of halogens is 1. The van der Waals surface area contributed by atoms with Crippen molar-refractivity contribution in [3.8, 4) is 5.88 Å². The predicted octanol–water partition coefficient (Wildman–Crippen LogP) is 2.60. The second kappa shape index (κ2) is 6.21. The highest BCUT2D eigenvalue weighted by molar-refractivity contribution is 6.16. The molecule has 0 saturated heterocycles. The number of methoxy groups -OCH3 is 1. The fraction of sp³-hybridized carbons (Fsp3) is 0.538. The van der Waals surface area contributed by atoms with E-state index in [1.54, 1.807) is 13.2 Å². The molecule has 0 spiro atoms. The van der Waals surface area contributed by atoms with Gasteiger partial charge in [0.05, 0.1) is 25.7 Å². The van der Waals surface area contributed by atoms with Crippen LogP contribution in [0, 0.1) is 0 Å². The van der Waals surface area contributed by atoms with Crippen LogP contribution in [0.1, 0.15) is 19.7 Å². The van der Waals surface area contributed by atoms with Crippen molar-refractivity contribution >= 4 is 22.8 Å². The van der Waals surface area contributed by atoms with E-state index in [0.717, 1.165) is 17.0 Å². The van der Waals surface area contributed by atoms with Crippen LogP contribution in [0.3, 0.4) is 0 Å². The Morgan fingerprint density at radius 3 is 2.74 bits per heavy atom. The summed E-state index contributed by atoms with van der Waals surface area (Å²) < 4.78 is 12.7. The summed E-state index contributed by atoms with van der Waals surface area (Å²) in [4.78, 5) is 8.89. The molecule has 0 atom stereocenters. The Balaban J connectivity index is 2.32. The normalized spacial score (nSPS) is 11.4. The van der Waals surface area contributed by atoms with E-state index in [9.17, 15) is 0 Å². The van der Waals surface area contributed by atoms with Crippen molar-refractivity contribution in [1.82, 2.24) is 14.5 Å². The molecule has 5 nitrogen and oxygen atoms in total. The van der Waals surface area contributed by atoms with Crippen molar-refractivity contribution < 1.29 is 9.47 Å². The minimum Gasteiger partial charge on any atom is -0.481 e. The van der Waals surface area contributed by atoms with Gasteiger partial charge < -0.3 is 14.0 Å². The van der Waals surface area contributed by atoms with E-state index in [0.29, 0.717) is 24.9 Å². The third-order valence-electron chi connectivity index (χ3n) is 2.74. The van der Waals surface area contributed by atoms with E-state index >= 15 is 0 Å². The number of alkyl halides is 1. The molecule has 0 amide bonds. The quantitative estimate of drug-likeness (QED) is 0.765. The molecule has 0 aromatic carbocycles. The Morgan fingerprint density at radius 2 is 2.11 bits per heavy atom. The van der Waals surface area contributed by atoms with Gasteiger partial charge in [-0.3, -0.25) is 0 Å². The van der Waals surface area contributed by atoms with Gasteiger partial charge in [-0.2, -0.15) is 4.98 Å². The Hall–Kier alpha value is -1.33. The Morgan fingerprint density at radius 1 is 1.32 bits per heavy atom. The van der Waals surface area contributed by atoms with Crippen molar-refractivity contribution in [1.29, 1.82) is 0 Å². The second-order valence-corrected chi connectivity index (χ2v) is 4.70. The lowest BCUT2D eigenvalue weighted by Crippen LogP contribution is -2.12. The summed E-state index contributed by atoms with van der Waals surface area (Å²) in [6.07, 6.45) is 0.205. The van der Waals surface area contributed by atoms with Crippen LogP contribution in [-0.4, -0.2) is 34.4 Å². The molecule has 0 bridgehead atoms. The lowest BCUT2D eigenvalue weighted by atomic mass is 10.4. The first-order valence-corrected chi connectivity index (χ1v) is 6.77. The molecule has 6 heteroatoms. The molecule has 0 unspecified atom stereocenters. The van der Waals surface area contributed by atoms with E-state index in [1.165, 1.54) is 0 Å². The number of pyridine rings is 1. The Labute approximate surface area is 117 Å². The van der Waals surface area contributed by atoms with Crippen LogP contribution in [0.15, 0.2) is 12.1 Å². The summed E-state index contributed by atoms with van der Waals surface area (Å²) in [6.45, 7) is 5.30. The Bertz CT molecular complexity index is 554. The standard InChI is InChI=1S/C13H18ClN3O2/c1-9(2)19-7-6-17-11(8-14)15-10-4-5-12(18-3)16-13(10)17/h4-5,9H,6-8H2,1-3H3. The zero-order valence-corrected chi connectivity index (χ0v) is 12.1. The molecule has 0 aliphatic carbocycles. The minimum atomic E-state index is 0.205. The summed E-state index contributed by atoms with van der Waals surface area (Å²) in [5.41, 5.74) is 1.60. The molecular weight excluding hydrogens is 266 g/mol. The smallest absolute Gasteiger partial charge is 0.215 e. The molecule has 0 radical (unpaired) electrons. The number of fused-ring (bicyclic) bond motifs is 1. The van der Waals surface area contributed by atoms with Gasteiger partial charge in [-0.05, 0) is 19.9 Å². The van der Waals surface area contributed by atoms with Gasteiger partial charge >= 0.3 is 0 Å². The number of ether oxygens (including phenoxy) is 2. The number of imidazole rings is 1. The predicted molar refractivity (Wildman–Crippen MR) is 74.7 cm³/mol. The largest absolute Gasteiger partial charge is 0.481 e. The van der Waals surface area contributed by atoms with Gasteiger partial charge in [0, 0.05) is 12.6 Å². The summed E-state index contributed by atoms with van der Waals surface area (Å²) in [6, 6.07) is 3.68. The molecule has 2 aromatic heterocycles. The van der Waals surface area contributed by atoms with Gasteiger partial charge in [-0.25, -0.2) is 4.98 Å². The zero-order chi connectivity index (χ0) is 13.8. The first-order chi connectivity index (χ1) is 9.15. The third kappa shape index (κ3) is 3.16. The first kappa shape index (κ1) is 14.1. The molecule has 0 N–H and O–H groups in total. The number of rotatable bonds is 6. The molecule has 0 saturated carbocycles. The van der Waals surface area contributed by atoms with Crippen molar-refractivity contribution in [3.63, 3.8) is 0 Å². The van der Waals surface area contributed by atoms with Crippen molar-refractivity contribution in [2.75, 3.05) is 13.7 Å². The lowest BCUT2D eigenvalue weighted by Gasteiger charge is -2.10. The van der Waals surface area contributed by atoms with Crippen LogP contribution in [0.25, 0.3) is 11.2 Å². The molecule has 2 aromatic rings. The van der Waals surface area contributed by atoms with Crippen LogP contribution in [-0.2, 0) is 17.2 Å². The number of hydrogen-bond acceptors (Lipinski definition) is 4. The van der Waals surface area contributed by atoms with Gasteiger partial charge in [-0.1, -0.05) is 0 Å². The average molecular weight is 284 g/mol. The maximum atomic E-state index is 5.94. The third-order valence-corrected chi connectivity index (χ3v) is 2.98. The number of aromatic nitrogens is 3. The molecule has 0 fully saturated rings. The van der Waals surface area contributed by atoms with Crippen molar-refractivity contribution in [3.05, 3.63) is 18.0 Å². The molecular formula is C13H18ClN3O2. The van der Waals surface area contributed by atoms with E-state index < -0.39 is 0 Å². The van der Waals surface area contributed by atoms with E-state index in [-0.39, 0.29) is 6.10 Å². The van der Waals surface area contributed by atoms with E-state index in [1.807, 2.05) is 24.5 Å². The molecule has 19 heavy (non-hydrogen) atoms. The maximum Gasteiger partial charge on any atom is 0.215 e. The van der Waals surface area contributed by atoms with Gasteiger partial charge in [0.1, 0.15) is 11.3 Å². The molecule has 104 valence electrons. The zero-order valence-electron chi connectivity index (χ0n) is 11.4. The highest BCUT2D eigenvalue weighted by atomic mass is 35.5. The van der Waals surface area contributed by atoms with Crippen molar-refractivity contribution in [2.45, 2.75) is 32.4 Å². The van der Waals surface area contributed by atoms with Crippen LogP contribution in [0.5, 0.6) is 5.88 Å². The fourth-order valence-corrected chi connectivity index (χ4v) is 2.07. The van der Waals surface area contributed by atoms with E-state index in [4.69, 9.17) is 21.1 Å². The average Bonchev–Trinajstić information content (AvgIpc) is 2.75. The van der Waals surface area contributed by atoms with Crippen LogP contribution in [0.4, 0.5) is 0 Å². The molecule has 2 rings (SSSR count). The molecule has 2 heterocycles. The molecule has 0 aliphatic heterocycles. The van der Waals surface area contributed by atoms with Gasteiger partial charge in [0.25, 0.3) is 0 Å². The first-order valence-electron chi connectivity index (χ1n) is 6.23. The van der Waals surface area contributed by atoms with Gasteiger partial charge in [0.15, 0.2) is 5.65 Å².